The molecule has 192 valence electrons. The van der Waals surface area contributed by atoms with Crippen LogP contribution in [0.25, 0.3) is 0 Å². The average molecular weight is 502 g/mol. The Balaban J connectivity index is 0.00000612. The Morgan fingerprint density at radius 1 is 1.08 bits per heavy atom. The fraction of sp³-hybridized carbons (Fsp3) is 0.238. The first kappa shape index (κ1) is 31.2. The van der Waals surface area contributed by atoms with Gasteiger partial charge < -0.3 is 33.6 Å². The van der Waals surface area contributed by atoms with Crippen LogP contribution in [0, 0.1) is 21.4 Å². The molecule has 1 amide bonds. The summed E-state index contributed by atoms with van der Waals surface area (Å²) < 4.78 is 0. The monoisotopic (exact) mass is 502 g/mol. The van der Waals surface area contributed by atoms with Crippen molar-refractivity contribution in [3.8, 4) is 6.07 Å². The second kappa shape index (κ2) is 14.5. The minimum absolute atomic E-state index is 0. The predicted molar refractivity (Wildman–Crippen MR) is 128 cm³/mol. The Bertz CT molecular complexity index is 1190. The molecule has 0 heterocycles. The average Bonchev–Trinajstić information content (AvgIpc) is 2.80. The van der Waals surface area contributed by atoms with E-state index in [1.54, 1.807) is 0 Å². The molecular weight excluding hydrogens is 476 g/mol. The molecule has 15 nitrogen and oxygen atoms in total. The van der Waals surface area contributed by atoms with E-state index in [0.29, 0.717) is 11.3 Å². The van der Waals surface area contributed by atoms with Crippen LogP contribution in [-0.4, -0.2) is 39.0 Å². The van der Waals surface area contributed by atoms with E-state index in [-0.39, 0.29) is 60.6 Å². The summed E-state index contributed by atoms with van der Waals surface area (Å²) >= 11 is 0. The van der Waals surface area contributed by atoms with E-state index in [4.69, 9.17) is 15.9 Å². The van der Waals surface area contributed by atoms with Gasteiger partial charge in [-0.15, -0.1) is 5.11 Å². The van der Waals surface area contributed by atoms with Crippen LogP contribution < -0.4 is 23.4 Å². The number of rotatable bonds is 11. The van der Waals surface area contributed by atoms with Gasteiger partial charge in [-0.25, -0.2) is 0 Å². The van der Waals surface area contributed by atoms with Gasteiger partial charge in [0.05, 0.1) is 16.2 Å². The van der Waals surface area contributed by atoms with Crippen molar-refractivity contribution >= 4 is 40.6 Å². The lowest BCUT2D eigenvalue weighted by atomic mass is 10.1. The van der Waals surface area contributed by atoms with Gasteiger partial charge in [-0.3, -0.25) is 24.5 Å². The van der Waals surface area contributed by atoms with E-state index in [9.17, 15) is 29.8 Å². The Kier molecular flexibility index (Phi) is 12.6. The number of nitrogens with two attached hydrogens (primary N) is 1. The molecule has 0 radical (unpaired) electrons. The van der Waals surface area contributed by atoms with Crippen LogP contribution in [0.2, 0.25) is 0 Å². The third-order valence-electron chi connectivity index (χ3n) is 4.55. The number of hydrogen-bond acceptors (Lipinski definition) is 11. The molecule has 0 bridgehead atoms. The van der Waals surface area contributed by atoms with Gasteiger partial charge in [-0.2, -0.15) is 10.4 Å². The van der Waals surface area contributed by atoms with Crippen molar-refractivity contribution in [3.05, 3.63) is 57.6 Å². The molecule has 0 aliphatic rings. The van der Waals surface area contributed by atoms with Crippen molar-refractivity contribution in [1.29, 1.82) is 5.26 Å². The molecule has 0 spiro atoms. The van der Waals surface area contributed by atoms with Gasteiger partial charge in [0, 0.05) is 30.7 Å². The number of amides is 1. The van der Waals surface area contributed by atoms with Crippen molar-refractivity contribution in [3.63, 3.8) is 0 Å². The number of aliphatic carboxylic acids is 2. The first-order valence-corrected chi connectivity index (χ1v) is 9.84. The van der Waals surface area contributed by atoms with Crippen LogP contribution in [0.5, 0.6) is 0 Å². The lowest BCUT2D eigenvalue weighted by molar-refractivity contribution is -0.384. The third-order valence-corrected chi connectivity index (χ3v) is 4.55. The SMILES string of the molecule is N.N.N#Cc1cc([N+](=O)[O-])ccc1N=Nc1ccc(NC(=O)CCC(N)C(=O)O)cc1CCC(=O)O. The Hall–Kier alpha value is -4.78. The molecule has 2 rings (SSSR count). The summed E-state index contributed by atoms with van der Waals surface area (Å²) in [5.41, 5.74) is 6.18. The van der Waals surface area contributed by atoms with Gasteiger partial charge >= 0.3 is 11.9 Å². The molecule has 36 heavy (non-hydrogen) atoms. The molecule has 11 N–H and O–H groups in total. The molecule has 0 saturated heterocycles. The highest BCUT2D eigenvalue weighted by Gasteiger charge is 2.15. The van der Waals surface area contributed by atoms with Crippen molar-refractivity contribution in [2.24, 2.45) is 16.0 Å². The van der Waals surface area contributed by atoms with Gasteiger partial charge in [0.15, 0.2) is 0 Å². The van der Waals surface area contributed by atoms with Crippen LogP contribution in [0.3, 0.4) is 0 Å². The van der Waals surface area contributed by atoms with Crippen LogP contribution in [0.1, 0.15) is 30.4 Å². The van der Waals surface area contributed by atoms with Crippen LogP contribution in [0.4, 0.5) is 22.7 Å². The summed E-state index contributed by atoms with van der Waals surface area (Å²) in [5, 5.41) is 48.5. The number of azo groups is 1. The maximum atomic E-state index is 12.1. The summed E-state index contributed by atoms with van der Waals surface area (Å²) in [7, 11) is 0. The molecule has 2 aromatic carbocycles. The lowest BCUT2D eigenvalue weighted by Crippen LogP contribution is -2.31. The van der Waals surface area contributed by atoms with E-state index >= 15 is 0 Å². The first-order valence-electron chi connectivity index (χ1n) is 9.84. The molecule has 1 atom stereocenters. The van der Waals surface area contributed by atoms with Gasteiger partial charge in [-0.1, -0.05) is 0 Å². The Morgan fingerprint density at radius 3 is 2.31 bits per heavy atom. The number of carbonyl (C=O) groups excluding carboxylic acids is 1. The van der Waals surface area contributed by atoms with Crippen molar-refractivity contribution < 1.29 is 29.5 Å². The van der Waals surface area contributed by atoms with Crippen molar-refractivity contribution in [1.82, 2.24) is 12.3 Å². The largest absolute Gasteiger partial charge is 0.481 e. The molecule has 0 aliphatic heterocycles. The summed E-state index contributed by atoms with van der Waals surface area (Å²) in [6.07, 6.45) is -0.358. The number of carbonyl (C=O) groups is 3. The fourth-order valence-corrected chi connectivity index (χ4v) is 2.76. The zero-order valence-electron chi connectivity index (χ0n) is 19.1. The first-order chi connectivity index (χ1) is 16.1. The fourth-order valence-electron chi connectivity index (χ4n) is 2.76. The van der Waals surface area contributed by atoms with Gasteiger partial charge in [0.25, 0.3) is 5.69 Å². The summed E-state index contributed by atoms with van der Waals surface area (Å²) in [5.74, 6) is -2.74. The van der Waals surface area contributed by atoms with Gasteiger partial charge in [-0.05, 0) is 42.7 Å². The summed E-state index contributed by atoms with van der Waals surface area (Å²) in [6, 6.07) is 8.64. The quantitative estimate of drug-likeness (QED) is 0.147. The topological polar surface area (TPSA) is 291 Å². The normalized spacial score (nSPS) is 10.9. The predicted octanol–water partition coefficient (Wildman–Crippen LogP) is 3.35. The Morgan fingerprint density at radius 2 is 1.72 bits per heavy atom. The van der Waals surface area contributed by atoms with Gasteiger partial charge in [0.2, 0.25) is 5.91 Å². The molecule has 2 aromatic rings. The second-order valence-corrected chi connectivity index (χ2v) is 7.04. The minimum Gasteiger partial charge on any atom is -0.481 e. The molecular formula is C21H26N8O7. The maximum Gasteiger partial charge on any atom is 0.320 e. The Labute approximate surface area is 204 Å². The summed E-state index contributed by atoms with van der Waals surface area (Å²) in [4.78, 5) is 44.1. The summed E-state index contributed by atoms with van der Waals surface area (Å²) in [6.45, 7) is 0. The molecule has 15 heteroatoms. The molecule has 0 aliphatic carbocycles. The number of hydrogen-bond donors (Lipinski definition) is 6. The molecule has 0 fully saturated rings. The highest BCUT2D eigenvalue weighted by molar-refractivity contribution is 5.91. The number of nitro benzene ring substituents is 1. The van der Waals surface area contributed by atoms with Crippen molar-refractivity contribution in [2.75, 3.05) is 5.32 Å². The van der Waals surface area contributed by atoms with E-state index < -0.39 is 28.8 Å². The zero-order chi connectivity index (χ0) is 25.3. The van der Waals surface area contributed by atoms with Crippen molar-refractivity contribution in [2.45, 2.75) is 31.7 Å². The minimum atomic E-state index is -1.22. The van der Waals surface area contributed by atoms with E-state index in [2.05, 4.69) is 15.5 Å². The smallest absolute Gasteiger partial charge is 0.320 e. The number of carboxylic acids is 2. The molecule has 0 saturated carbocycles. The number of carboxylic acid groups (broad SMARTS) is 2. The number of nitrogens with zero attached hydrogens (tertiary/aromatic N) is 4. The van der Waals surface area contributed by atoms with E-state index in [1.807, 2.05) is 6.07 Å². The lowest BCUT2D eigenvalue weighted by Gasteiger charge is -2.10. The standard InChI is InChI=1S/C21H20N6O7.2H3N/c22-11-13-10-15(27(33)34)3-6-18(13)26-25-17-5-2-14(9-12(17)1-8-20(29)30)24-19(28)7-4-16(23)21(31)32;;/h2-3,5-6,9-10,16H,1,4,7-8,23H2,(H,24,28)(H,29,30)(H,31,32);2*1H3. The molecule has 1 unspecified atom stereocenters. The number of benzene rings is 2. The number of nitro groups is 1. The van der Waals surface area contributed by atoms with E-state index in [0.717, 1.165) is 6.07 Å². The second-order valence-electron chi connectivity index (χ2n) is 7.04. The van der Waals surface area contributed by atoms with Crippen LogP contribution in [-0.2, 0) is 20.8 Å². The number of nitrogens with one attached hydrogen (secondary N) is 1. The number of nitriles is 1. The number of aryl methyl sites for hydroxylation is 1. The highest BCUT2D eigenvalue weighted by Crippen LogP contribution is 2.29. The van der Waals surface area contributed by atoms with Crippen LogP contribution in [0.15, 0.2) is 46.6 Å². The maximum absolute atomic E-state index is 12.1. The van der Waals surface area contributed by atoms with E-state index in [1.165, 1.54) is 30.3 Å². The number of anilines is 1. The number of non-ortho nitro benzene ring substituents is 1. The van der Waals surface area contributed by atoms with Crippen LogP contribution >= 0.6 is 0 Å². The van der Waals surface area contributed by atoms with Gasteiger partial charge in [0.1, 0.15) is 17.8 Å². The molecule has 0 aromatic heterocycles. The highest BCUT2D eigenvalue weighted by atomic mass is 16.6. The zero-order valence-corrected chi connectivity index (χ0v) is 19.1. The third kappa shape index (κ3) is 9.23.